The van der Waals surface area contributed by atoms with Gasteiger partial charge in [-0.05, 0) is 42.9 Å². The Bertz CT molecular complexity index is 1140. The summed E-state index contributed by atoms with van der Waals surface area (Å²) >= 11 is 0. The highest BCUT2D eigenvalue weighted by Gasteiger charge is 2.18. The minimum Gasteiger partial charge on any atom is -0.480 e. The van der Waals surface area contributed by atoms with Gasteiger partial charge in [0.05, 0.1) is 6.33 Å². The average Bonchev–Trinajstić information content (AvgIpc) is 3.24. The van der Waals surface area contributed by atoms with Crippen molar-refractivity contribution in [3.8, 4) is 0 Å². The molecule has 3 N–H and O–H groups in total. The first-order valence-corrected chi connectivity index (χ1v) is 12.1. The molecule has 180 valence electrons. The Kier molecular flexibility index (Phi) is 7.72. The summed E-state index contributed by atoms with van der Waals surface area (Å²) in [4.78, 5) is 37.3. The van der Waals surface area contributed by atoms with E-state index in [2.05, 4.69) is 32.5 Å². The molecule has 9 heteroatoms. The van der Waals surface area contributed by atoms with Crippen LogP contribution in [0.1, 0.15) is 80.1 Å². The van der Waals surface area contributed by atoms with Crippen molar-refractivity contribution < 1.29 is 14.7 Å². The monoisotopic (exact) mass is 464 g/mol. The van der Waals surface area contributed by atoms with E-state index in [1.807, 2.05) is 24.3 Å². The number of nitrogens with zero attached hydrogens (tertiary/aromatic N) is 4. The molecule has 34 heavy (non-hydrogen) atoms. The summed E-state index contributed by atoms with van der Waals surface area (Å²) < 4.78 is 1.44. The molecular weight excluding hydrogens is 432 g/mol. The van der Waals surface area contributed by atoms with Gasteiger partial charge in [0, 0.05) is 12.1 Å². The number of aromatic nitrogens is 4. The molecule has 1 aliphatic carbocycles. The minimum absolute atomic E-state index is 0.110. The predicted molar refractivity (Wildman–Crippen MR) is 131 cm³/mol. The first-order valence-electron chi connectivity index (χ1n) is 12.1. The maximum absolute atomic E-state index is 12.9. The molecule has 1 aliphatic rings. The number of anilines is 2. The van der Waals surface area contributed by atoms with Crippen LogP contribution in [0.15, 0.2) is 30.6 Å². The molecule has 0 aliphatic heterocycles. The Hall–Kier alpha value is -3.49. The molecule has 1 fully saturated rings. The SMILES string of the molecule is CCCCCNc1nc(NC(=O)c2ccc(C3CCCCC3)cc2)nc2c1ncn2CC(=O)O. The number of hydrogen-bond donors (Lipinski definition) is 3. The summed E-state index contributed by atoms with van der Waals surface area (Å²) in [5, 5.41) is 15.2. The van der Waals surface area contributed by atoms with Gasteiger partial charge in [-0.15, -0.1) is 0 Å². The third-order valence-corrected chi connectivity index (χ3v) is 6.32. The number of carbonyl (C=O) groups excluding carboxylic acids is 1. The number of unbranched alkanes of at least 4 members (excludes halogenated alkanes) is 2. The Morgan fingerprint density at radius 3 is 2.56 bits per heavy atom. The van der Waals surface area contributed by atoms with E-state index >= 15 is 0 Å². The van der Waals surface area contributed by atoms with Crippen LogP contribution in [-0.4, -0.2) is 43.0 Å². The van der Waals surface area contributed by atoms with Crippen LogP contribution in [0.25, 0.3) is 11.2 Å². The molecule has 9 nitrogen and oxygen atoms in total. The van der Waals surface area contributed by atoms with E-state index in [0.717, 1.165) is 19.3 Å². The highest BCUT2D eigenvalue weighted by atomic mass is 16.4. The molecular formula is C25H32N6O3. The summed E-state index contributed by atoms with van der Waals surface area (Å²) in [6, 6.07) is 7.77. The molecule has 2 aromatic heterocycles. The fourth-order valence-electron chi connectivity index (χ4n) is 4.48. The molecule has 0 spiro atoms. The van der Waals surface area contributed by atoms with Crippen molar-refractivity contribution in [1.82, 2.24) is 19.5 Å². The third kappa shape index (κ3) is 5.70. The molecule has 0 radical (unpaired) electrons. The fraction of sp³-hybridized carbons (Fsp3) is 0.480. The van der Waals surface area contributed by atoms with E-state index in [0.29, 0.717) is 35.0 Å². The van der Waals surface area contributed by atoms with Crippen molar-refractivity contribution in [3.05, 3.63) is 41.7 Å². The van der Waals surface area contributed by atoms with Crippen LogP contribution in [0.4, 0.5) is 11.8 Å². The van der Waals surface area contributed by atoms with Crippen molar-refractivity contribution in [3.63, 3.8) is 0 Å². The largest absolute Gasteiger partial charge is 0.480 e. The first kappa shape index (κ1) is 23.7. The molecule has 4 rings (SSSR count). The van der Waals surface area contributed by atoms with Crippen LogP contribution >= 0.6 is 0 Å². The summed E-state index contributed by atoms with van der Waals surface area (Å²) in [5.74, 6) is -0.144. The van der Waals surface area contributed by atoms with Gasteiger partial charge < -0.3 is 15.0 Å². The lowest BCUT2D eigenvalue weighted by atomic mass is 9.84. The molecule has 1 saturated carbocycles. The highest BCUT2D eigenvalue weighted by Crippen LogP contribution is 2.32. The van der Waals surface area contributed by atoms with E-state index < -0.39 is 5.97 Å². The van der Waals surface area contributed by atoms with Crippen molar-refractivity contribution >= 4 is 34.8 Å². The summed E-state index contributed by atoms with van der Waals surface area (Å²) in [6.07, 6.45) is 10.8. The Balaban J connectivity index is 1.54. The highest BCUT2D eigenvalue weighted by molar-refractivity contribution is 6.04. The van der Waals surface area contributed by atoms with E-state index in [1.54, 1.807) is 0 Å². The van der Waals surface area contributed by atoms with Gasteiger partial charge in [-0.25, -0.2) is 4.98 Å². The standard InChI is InChI=1S/C25H32N6O3/c1-2-3-7-14-26-22-21-23(31(16-27-21)15-20(32)33)29-25(28-22)30-24(34)19-12-10-18(11-13-19)17-8-5-4-6-9-17/h10-13,16-17H,2-9,14-15H2,1H3,(H,32,33)(H2,26,28,29,30,34). The number of nitrogens with one attached hydrogen (secondary N) is 2. The van der Waals surface area contributed by atoms with E-state index in [4.69, 9.17) is 0 Å². The minimum atomic E-state index is -1.00. The molecule has 0 unspecified atom stereocenters. The van der Waals surface area contributed by atoms with Crippen LogP contribution in [0, 0.1) is 0 Å². The van der Waals surface area contributed by atoms with Gasteiger partial charge in [0.25, 0.3) is 5.91 Å². The summed E-state index contributed by atoms with van der Waals surface area (Å²) in [5.41, 5.74) is 2.65. The van der Waals surface area contributed by atoms with Gasteiger partial charge in [-0.3, -0.25) is 14.9 Å². The van der Waals surface area contributed by atoms with Gasteiger partial charge >= 0.3 is 5.97 Å². The molecule has 0 atom stereocenters. The lowest BCUT2D eigenvalue weighted by Crippen LogP contribution is -2.16. The number of carboxylic acid groups (broad SMARTS) is 1. The molecule has 0 bridgehead atoms. The number of amides is 1. The number of benzene rings is 1. The van der Waals surface area contributed by atoms with Crippen molar-refractivity contribution in [2.24, 2.45) is 0 Å². The smallest absolute Gasteiger partial charge is 0.323 e. The Morgan fingerprint density at radius 2 is 1.85 bits per heavy atom. The zero-order valence-electron chi connectivity index (χ0n) is 19.6. The average molecular weight is 465 g/mol. The van der Waals surface area contributed by atoms with Gasteiger partial charge in [0.2, 0.25) is 5.95 Å². The predicted octanol–water partition coefficient (Wildman–Crippen LogP) is 4.81. The molecule has 1 aromatic carbocycles. The van der Waals surface area contributed by atoms with Crippen molar-refractivity contribution in [2.75, 3.05) is 17.2 Å². The number of carboxylic acids is 1. The number of rotatable bonds is 10. The second kappa shape index (κ2) is 11.1. The quantitative estimate of drug-likeness (QED) is 0.368. The van der Waals surface area contributed by atoms with Crippen LogP contribution in [0.5, 0.6) is 0 Å². The third-order valence-electron chi connectivity index (χ3n) is 6.32. The van der Waals surface area contributed by atoms with Crippen LogP contribution in [-0.2, 0) is 11.3 Å². The number of carbonyl (C=O) groups is 2. The van der Waals surface area contributed by atoms with Crippen LogP contribution < -0.4 is 10.6 Å². The lowest BCUT2D eigenvalue weighted by molar-refractivity contribution is -0.137. The normalized spacial score (nSPS) is 14.3. The second-order valence-electron chi connectivity index (χ2n) is 8.88. The van der Waals surface area contributed by atoms with Crippen LogP contribution in [0.3, 0.4) is 0 Å². The van der Waals surface area contributed by atoms with Gasteiger partial charge in [0.15, 0.2) is 17.0 Å². The summed E-state index contributed by atoms with van der Waals surface area (Å²) in [6.45, 7) is 2.55. The Labute approximate surface area is 199 Å². The molecule has 2 heterocycles. The van der Waals surface area contributed by atoms with Gasteiger partial charge in [0.1, 0.15) is 6.54 Å². The van der Waals surface area contributed by atoms with Gasteiger partial charge in [-0.1, -0.05) is 51.2 Å². The maximum atomic E-state index is 12.9. The number of imidazole rings is 1. The van der Waals surface area contributed by atoms with Crippen molar-refractivity contribution in [1.29, 1.82) is 0 Å². The number of fused-ring (bicyclic) bond motifs is 1. The van der Waals surface area contributed by atoms with Gasteiger partial charge in [-0.2, -0.15) is 9.97 Å². The second-order valence-corrected chi connectivity index (χ2v) is 8.88. The molecule has 3 aromatic rings. The zero-order chi connectivity index (χ0) is 23.9. The first-order chi connectivity index (χ1) is 16.5. The summed E-state index contributed by atoms with van der Waals surface area (Å²) in [7, 11) is 0. The zero-order valence-corrected chi connectivity index (χ0v) is 19.6. The maximum Gasteiger partial charge on any atom is 0.323 e. The molecule has 1 amide bonds. The number of hydrogen-bond acceptors (Lipinski definition) is 6. The number of aliphatic carboxylic acids is 1. The topological polar surface area (TPSA) is 122 Å². The Morgan fingerprint density at radius 1 is 1.09 bits per heavy atom. The lowest BCUT2D eigenvalue weighted by Gasteiger charge is -2.22. The fourth-order valence-corrected chi connectivity index (χ4v) is 4.48. The van der Waals surface area contributed by atoms with Crippen LogP contribution in [0.2, 0.25) is 0 Å². The van der Waals surface area contributed by atoms with E-state index in [-0.39, 0.29) is 18.4 Å². The van der Waals surface area contributed by atoms with E-state index in [1.165, 1.54) is 48.6 Å². The van der Waals surface area contributed by atoms with Crippen molar-refractivity contribution in [2.45, 2.75) is 70.8 Å². The van der Waals surface area contributed by atoms with E-state index in [9.17, 15) is 14.7 Å². The molecule has 0 saturated heterocycles.